The van der Waals surface area contributed by atoms with Gasteiger partial charge in [0, 0.05) is 19.6 Å². The first-order valence-electron chi connectivity index (χ1n) is 4.07. The van der Waals surface area contributed by atoms with Gasteiger partial charge in [-0.2, -0.15) is 0 Å². The molecule has 6 heteroatoms. The smallest absolute Gasteiger partial charge is 0.322 e. The number of rotatable bonds is 3. The van der Waals surface area contributed by atoms with Crippen LogP contribution in [-0.4, -0.2) is 54.1 Å². The van der Waals surface area contributed by atoms with E-state index in [2.05, 4.69) is 5.32 Å². The number of nitrogens with zero attached hydrogens (tertiary/aromatic N) is 1. The Balaban J connectivity index is 2.56. The molecule has 0 aromatic rings. The maximum atomic E-state index is 10.7. The lowest BCUT2D eigenvalue weighted by Gasteiger charge is -2.32. The zero-order chi connectivity index (χ0) is 9.84. The van der Waals surface area contributed by atoms with Crippen molar-refractivity contribution in [2.45, 2.75) is 6.04 Å². The highest BCUT2D eigenvalue weighted by Crippen LogP contribution is 2.02. The Morgan fingerprint density at radius 2 is 2.31 bits per heavy atom. The fraction of sp³-hybridized carbons (Fsp3) is 0.714. The van der Waals surface area contributed by atoms with Crippen molar-refractivity contribution in [3.63, 3.8) is 0 Å². The molecule has 1 amide bonds. The number of hydrogen-bond donors (Lipinski definition) is 3. The van der Waals surface area contributed by atoms with E-state index in [-0.39, 0.29) is 6.54 Å². The summed E-state index contributed by atoms with van der Waals surface area (Å²) in [5.74, 6) is -1.42. The van der Waals surface area contributed by atoms with Crippen LogP contribution in [0, 0.1) is 0 Å². The van der Waals surface area contributed by atoms with Crippen molar-refractivity contribution in [3.8, 4) is 0 Å². The molecule has 0 aliphatic carbocycles. The zero-order valence-electron chi connectivity index (χ0n) is 7.19. The van der Waals surface area contributed by atoms with E-state index in [0.29, 0.717) is 19.6 Å². The van der Waals surface area contributed by atoms with Gasteiger partial charge in [0.25, 0.3) is 0 Å². The highest BCUT2D eigenvalue weighted by molar-refractivity contribution is 5.78. The number of nitrogens with one attached hydrogen (secondary N) is 1. The Morgan fingerprint density at radius 3 is 2.85 bits per heavy atom. The topological polar surface area (TPSA) is 95.7 Å². The van der Waals surface area contributed by atoms with Gasteiger partial charge in [0.1, 0.15) is 6.04 Å². The molecule has 1 heterocycles. The molecule has 0 aromatic heterocycles. The van der Waals surface area contributed by atoms with Crippen molar-refractivity contribution in [2.24, 2.45) is 5.73 Å². The number of carbonyl (C=O) groups is 2. The van der Waals surface area contributed by atoms with Crippen molar-refractivity contribution >= 4 is 11.9 Å². The van der Waals surface area contributed by atoms with Gasteiger partial charge in [-0.05, 0) is 0 Å². The molecule has 0 radical (unpaired) electrons. The number of piperazine rings is 1. The minimum absolute atomic E-state index is 0.0125. The third kappa shape index (κ3) is 2.67. The molecule has 0 spiro atoms. The van der Waals surface area contributed by atoms with Crippen LogP contribution in [-0.2, 0) is 9.59 Å². The van der Waals surface area contributed by atoms with Crippen LogP contribution in [0.3, 0.4) is 0 Å². The van der Waals surface area contributed by atoms with Crippen LogP contribution in [0.5, 0.6) is 0 Å². The Labute approximate surface area is 75.7 Å². The molecule has 1 aliphatic rings. The molecule has 1 unspecified atom stereocenters. The van der Waals surface area contributed by atoms with E-state index in [4.69, 9.17) is 10.8 Å². The van der Waals surface area contributed by atoms with Gasteiger partial charge >= 0.3 is 5.97 Å². The first-order valence-corrected chi connectivity index (χ1v) is 4.07. The van der Waals surface area contributed by atoms with Crippen LogP contribution in [0.15, 0.2) is 0 Å². The van der Waals surface area contributed by atoms with E-state index in [0.717, 1.165) is 0 Å². The number of carboxylic acid groups (broad SMARTS) is 1. The Morgan fingerprint density at radius 1 is 1.62 bits per heavy atom. The Bertz CT molecular complexity index is 219. The molecule has 1 aliphatic heterocycles. The predicted octanol–water partition coefficient (Wildman–Crippen LogP) is -2.17. The van der Waals surface area contributed by atoms with Gasteiger partial charge in [0.2, 0.25) is 5.91 Å². The molecule has 0 saturated carbocycles. The van der Waals surface area contributed by atoms with E-state index in [1.54, 1.807) is 4.90 Å². The fourth-order valence-electron chi connectivity index (χ4n) is 1.38. The summed E-state index contributed by atoms with van der Waals surface area (Å²) >= 11 is 0. The van der Waals surface area contributed by atoms with Gasteiger partial charge < -0.3 is 16.2 Å². The standard InChI is InChI=1S/C7H13N3O3/c8-6(11)4-10-2-1-9-3-5(10)7(12)13/h5,9H,1-4H2,(H2,8,11)(H,12,13). The van der Waals surface area contributed by atoms with E-state index in [1.165, 1.54) is 0 Å². The lowest BCUT2D eigenvalue weighted by atomic mass is 10.2. The van der Waals surface area contributed by atoms with Crippen molar-refractivity contribution in [2.75, 3.05) is 26.2 Å². The number of primary amides is 1. The third-order valence-corrected chi connectivity index (χ3v) is 2.00. The number of nitrogens with two attached hydrogens (primary N) is 1. The second kappa shape index (κ2) is 4.20. The van der Waals surface area contributed by atoms with Crippen LogP contribution in [0.4, 0.5) is 0 Å². The zero-order valence-corrected chi connectivity index (χ0v) is 7.19. The van der Waals surface area contributed by atoms with E-state index in [1.807, 2.05) is 0 Å². The third-order valence-electron chi connectivity index (χ3n) is 2.00. The summed E-state index contributed by atoms with van der Waals surface area (Å²) in [5.41, 5.74) is 4.99. The summed E-state index contributed by atoms with van der Waals surface area (Å²) in [6.45, 7) is 1.61. The van der Waals surface area contributed by atoms with Crippen molar-refractivity contribution in [1.29, 1.82) is 0 Å². The average Bonchev–Trinajstić information content (AvgIpc) is 2.03. The highest BCUT2D eigenvalue weighted by atomic mass is 16.4. The first kappa shape index (κ1) is 9.94. The van der Waals surface area contributed by atoms with Gasteiger partial charge in [0.15, 0.2) is 0 Å². The second-order valence-electron chi connectivity index (χ2n) is 2.99. The SMILES string of the molecule is NC(=O)CN1CCNCC1C(=O)O. The normalized spacial score (nSPS) is 24.2. The molecule has 4 N–H and O–H groups in total. The van der Waals surface area contributed by atoms with Gasteiger partial charge in [0.05, 0.1) is 6.54 Å². The van der Waals surface area contributed by atoms with Gasteiger partial charge in [-0.15, -0.1) is 0 Å². The van der Waals surface area contributed by atoms with Crippen LogP contribution in [0.1, 0.15) is 0 Å². The Hall–Kier alpha value is -1.14. The largest absolute Gasteiger partial charge is 0.480 e. The first-order chi connectivity index (χ1) is 6.11. The van der Waals surface area contributed by atoms with Crippen molar-refractivity contribution < 1.29 is 14.7 Å². The molecular weight excluding hydrogens is 174 g/mol. The minimum Gasteiger partial charge on any atom is -0.480 e. The molecule has 13 heavy (non-hydrogen) atoms. The number of amides is 1. The Kier molecular flexibility index (Phi) is 3.21. The minimum atomic E-state index is -0.923. The number of aliphatic carboxylic acids is 1. The summed E-state index contributed by atoms with van der Waals surface area (Å²) in [5, 5.41) is 11.7. The number of hydrogen-bond acceptors (Lipinski definition) is 4. The fourth-order valence-corrected chi connectivity index (χ4v) is 1.38. The molecule has 74 valence electrons. The maximum absolute atomic E-state index is 10.7. The lowest BCUT2D eigenvalue weighted by molar-refractivity contribution is -0.144. The summed E-state index contributed by atoms with van der Waals surface area (Å²) < 4.78 is 0. The van der Waals surface area contributed by atoms with Gasteiger partial charge in [-0.3, -0.25) is 14.5 Å². The second-order valence-corrected chi connectivity index (χ2v) is 2.99. The summed E-state index contributed by atoms with van der Waals surface area (Å²) in [7, 11) is 0. The molecule has 1 rings (SSSR count). The predicted molar refractivity (Wildman–Crippen MR) is 45.1 cm³/mol. The van der Waals surface area contributed by atoms with Crippen molar-refractivity contribution in [1.82, 2.24) is 10.2 Å². The average molecular weight is 187 g/mol. The van der Waals surface area contributed by atoms with Crippen LogP contribution < -0.4 is 11.1 Å². The summed E-state index contributed by atoms with van der Waals surface area (Å²) in [6, 6.07) is -0.638. The quantitative estimate of drug-likeness (QED) is 0.467. The molecule has 1 fully saturated rings. The lowest BCUT2D eigenvalue weighted by Crippen LogP contribution is -2.56. The van der Waals surface area contributed by atoms with Crippen molar-refractivity contribution in [3.05, 3.63) is 0 Å². The maximum Gasteiger partial charge on any atom is 0.322 e. The molecule has 1 atom stereocenters. The summed E-state index contributed by atoms with van der Waals surface area (Å²) in [6.07, 6.45) is 0. The molecular formula is C7H13N3O3. The van der Waals surface area contributed by atoms with Gasteiger partial charge in [-0.1, -0.05) is 0 Å². The molecule has 0 bridgehead atoms. The molecule has 6 nitrogen and oxygen atoms in total. The summed E-state index contributed by atoms with van der Waals surface area (Å²) in [4.78, 5) is 22.9. The van der Waals surface area contributed by atoms with Crippen LogP contribution >= 0.6 is 0 Å². The monoisotopic (exact) mass is 187 g/mol. The molecule has 1 saturated heterocycles. The van der Waals surface area contributed by atoms with Crippen LogP contribution in [0.25, 0.3) is 0 Å². The van der Waals surface area contributed by atoms with Gasteiger partial charge in [-0.25, -0.2) is 0 Å². The van der Waals surface area contributed by atoms with E-state index < -0.39 is 17.9 Å². The highest BCUT2D eigenvalue weighted by Gasteiger charge is 2.28. The van der Waals surface area contributed by atoms with Crippen LogP contribution in [0.2, 0.25) is 0 Å². The van der Waals surface area contributed by atoms with E-state index in [9.17, 15) is 9.59 Å². The van der Waals surface area contributed by atoms with E-state index >= 15 is 0 Å². The molecule has 0 aromatic carbocycles. The number of carboxylic acids is 1. The number of carbonyl (C=O) groups excluding carboxylic acids is 1.